The second kappa shape index (κ2) is 8.65. The first-order valence-corrected chi connectivity index (χ1v) is 9.40. The number of hydrogen-bond donors (Lipinski definition) is 2. The van der Waals surface area contributed by atoms with Crippen molar-refractivity contribution < 1.29 is 13.6 Å². The molecule has 7 heteroatoms. The third-order valence-electron chi connectivity index (χ3n) is 4.50. The summed E-state index contributed by atoms with van der Waals surface area (Å²) in [4.78, 5) is 21.3. The monoisotopic (exact) mass is 404 g/mol. The molecule has 3 aromatic carbocycles. The number of aromatic nitrogens is 2. The second-order valence-corrected chi connectivity index (χ2v) is 6.61. The summed E-state index contributed by atoms with van der Waals surface area (Å²) in [6, 6.07) is 19.1. The van der Waals surface area contributed by atoms with Gasteiger partial charge in [-0.2, -0.15) is 0 Å². The summed E-state index contributed by atoms with van der Waals surface area (Å²) in [5, 5.41) is 6.79. The van der Waals surface area contributed by atoms with Crippen LogP contribution in [0.4, 0.5) is 14.6 Å². The topological polar surface area (TPSA) is 66.9 Å². The van der Waals surface area contributed by atoms with E-state index in [0.29, 0.717) is 30.3 Å². The molecule has 1 amide bonds. The minimum atomic E-state index is -0.457. The summed E-state index contributed by atoms with van der Waals surface area (Å²) in [5.41, 5.74) is 1.71. The maximum atomic E-state index is 13.3. The number of nitrogens with one attached hydrogen (secondary N) is 2. The average molecular weight is 404 g/mol. The number of halogens is 2. The van der Waals surface area contributed by atoms with Gasteiger partial charge in [0.05, 0.1) is 5.52 Å². The van der Waals surface area contributed by atoms with Gasteiger partial charge in [0.15, 0.2) is 5.82 Å². The number of rotatable bonds is 6. The van der Waals surface area contributed by atoms with Crippen LogP contribution in [0.25, 0.3) is 22.3 Å². The van der Waals surface area contributed by atoms with E-state index < -0.39 is 5.82 Å². The predicted octanol–water partition coefficient (Wildman–Crippen LogP) is 4.42. The van der Waals surface area contributed by atoms with Gasteiger partial charge in [-0.05, 0) is 54.6 Å². The van der Waals surface area contributed by atoms with Crippen LogP contribution in [0.5, 0.6) is 0 Å². The van der Waals surface area contributed by atoms with Crippen LogP contribution < -0.4 is 10.6 Å². The van der Waals surface area contributed by atoms with E-state index in [4.69, 9.17) is 0 Å². The molecule has 1 aromatic heterocycles. The summed E-state index contributed by atoms with van der Waals surface area (Å²) in [5.74, 6) is -0.0516. The van der Waals surface area contributed by atoms with E-state index in [0.717, 1.165) is 10.9 Å². The van der Waals surface area contributed by atoms with E-state index >= 15 is 0 Å². The van der Waals surface area contributed by atoms with Gasteiger partial charge in [-0.15, -0.1) is 0 Å². The third kappa shape index (κ3) is 4.41. The van der Waals surface area contributed by atoms with Crippen LogP contribution in [0.1, 0.15) is 10.4 Å². The summed E-state index contributed by atoms with van der Waals surface area (Å²) < 4.78 is 26.5. The minimum absolute atomic E-state index is 0.265. The summed E-state index contributed by atoms with van der Waals surface area (Å²) in [7, 11) is 0. The van der Waals surface area contributed by atoms with E-state index in [9.17, 15) is 13.6 Å². The van der Waals surface area contributed by atoms with Crippen molar-refractivity contribution >= 4 is 22.6 Å². The Morgan fingerprint density at radius 2 is 1.63 bits per heavy atom. The van der Waals surface area contributed by atoms with Crippen molar-refractivity contribution in [2.45, 2.75) is 0 Å². The second-order valence-electron chi connectivity index (χ2n) is 6.61. The number of fused-ring (bicyclic) bond motifs is 1. The number of carbonyl (C=O) groups is 1. The molecule has 0 saturated carbocycles. The average Bonchev–Trinajstić information content (AvgIpc) is 2.76. The van der Waals surface area contributed by atoms with Gasteiger partial charge >= 0.3 is 0 Å². The van der Waals surface area contributed by atoms with Crippen molar-refractivity contribution in [1.82, 2.24) is 15.3 Å². The summed E-state index contributed by atoms with van der Waals surface area (Å²) in [6.45, 7) is 0.727. The molecule has 0 atom stereocenters. The van der Waals surface area contributed by atoms with Crippen molar-refractivity contribution in [3.8, 4) is 11.4 Å². The summed E-state index contributed by atoms with van der Waals surface area (Å²) >= 11 is 0. The number of amides is 1. The van der Waals surface area contributed by atoms with Crippen molar-refractivity contribution in [1.29, 1.82) is 0 Å². The molecule has 30 heavy (non-hydrogen) atoms. The van der Waals surface area contributed by atoms with E-state index in [1.165, 1.54) is 30.3 Å². The Balaban J connectivity index is 1.49. The molecule has 4 aromatic rings. The zero-order valence-corrected chi connectivity index (χ0v) is 15.9. The maximum Gasteiger partial charge on any atom is 0.251 e. The largest absolute Gasteiger partial charge is 0.368 e. The number of nitrogens with zero attached hydrogens (tertiary/aromatic N) is 2. The first kappa shape index (κ1) is 19.4. The molecule has 0 radical (unpaired) electrons. The van der Waals surface area contributed by atoms with E-state index in [1.54, 1.807) is 18.2 Å². The Bertz CT molecular complexity index is 1200. The van der Waals surface area contributed by atoms with Crippen molar-refractivity contribution in [2.75, 3.05) is 18.4 Å². The van der Waals surface area contributed by atoms with Gasteiger partial charge in [0.1, 0.15) is 17.5 Å². The van der Waals surface area contributed by atoms with Crippen LogP contribution in [-0.2, 0) is 0 Å². The van der Waals surface area contributed by atoms with Gasteiger partial charge in [-0.3, -0.25) is 4.79 Å². The van der Waals surface area contributed by atoms with E-state index in [2.05, 4.69) is 20.6 Å². The lowest BCUT2D eigenvalue weighted by atomic mass is 10.2. The quantitative estimate of drug-likeness (QED) is 0.467. The fourth-order valence-corrected chi connectivity index (χ4v) is 3.03. The Kier molecular flexibility index (Phi) is 5.61. The smallest absolute Gasteiger partial charge is 0.251 e. The first-order chi connectivity index (χ1) is 14.6. The molecule has 0 aliphatic heterocycles. The fraction of sp³-hybridized carbons (Fsp3) is 0.0870. The van der Waals surface area contributed by atoms with Crippen LogP contribution in [0.2, 0.25) is 0 Å². The maximum absolute atomic E-state index is 13.3. The molecular weight excluding hydrogens is 386 g/mol. The van der Waals surface area contributed by atoms with Crippen LogP contribution in [0, 0.1) is 11.6 Å². The molecule has 0 unspecified atom stereocenters. The third-order valence-corrected chi connectivity index (χ3v) is 4.50. The zero-order valence-electron chi connectivity index (χ0n) is 15.9. The molecule has 2 N–H and O–H groups in total. The molecular formula is C23H18F2N4O. The van der Waals surface area contributed by atoms with Gasteiger partial charge in [0.25, 0.3) is 5.91 Å². The lowest BCUT2D eigenvalue weighted by Crippen LogP contribution is -2.29. The standard InChI is InChI=1S/C23H18F2N4O/c24-17-10-8-15(9-11-17)21-28-20-7-2-1-6-19(20)22(29-21)26-12-13-27-23(30)16-4-3-5-18(25)14-16/h1-11,14H,12-13H2,(H,27,30)(H,26,28,29). The zero-order chi connectivity index (χ0) is 20.9. The number of hydrogen-bond acceptors (Lipinski definition) is 4. The van der Waals surface area contributed by atoms with Crippen LogP contribution in [-0.4, -0.2) is 29.0 Å². The SMILES string of the molecule is O=C(NCCNc1nc(-c2ccc(F)cc2)nc2ccccc12)c1cccc(F)c1. The summed E-state index contributed by atoms with van der Waals surface area (Å²) in [6.07, 6.45) is 0. The molecule has 5 nitrogen and oxygen atoms in total. The highest BCUT2D eigenvalue weighted by molar-refractivity contribution is 5.94. The normalized spacial score (nSPS) is 10.7. The molecule has 150 valence electrons. The number of benzene rings is 3. The highest BCUT2D eigenvalue weighted by Crippen LogP contribution is 2.24. The van der Waals surface area contributed by atoms with Crippen molar-refractivity contribution in [3.05, 3.63) is 90.0 Å². The lowest BCUT2D eigenvalue weighted by Gasteiger charge is -2.12. The molecule has 4 rings (SSSR count). The highest BCUT2D eigenvalue weighted by Gasteiger charge is 2.10. The Labute approximate surface area is 171 Å². The fourth-order valence-electron chi connectivity index (χ4n) is 3.03. The van der Waals surface area contributed by atoms with E-state index in [1.807, 2.05) is 24.3 Å². The van der Waals surface area contributed by atoms with Crippen LogP contribution in [0.15, 0.2) is 72.8 Å². The molecule has 0 aliphatic rings. The van der Waals surface area contributed by atoms with E-state index in [-0.39, 0.29) is 17.3 Å². The Morgan fingerprint density at radius 3 is 2.43 bits per heavy atom. The Morgan fingerprint density at radius 1 is 0.833 bits per heavy atom. The molecule has 0 bridgehead atoms. The number of anilines is 1. The molecule has 0 aliphatic carbocycles. The Hall–Kier alpha value is -3.87. The molecule has 0 fully saturated rings. The first-order valence-electron chi connectivity index (χ1n) is 9.40. The van der Waals surface area contributed by atoms with Gasteiger partial charge in [-0.25, -0.2) is 18.7 Å². The van der Waals surface area contributed by atoms with Crippen LogP contribution >= 0.6 is 0 Å². The van der Waals surface area contributed by atoms with Crippen molar-refractivity contribution in [2.24, 2.45) is 0 Å². The highest BCUT2D eigenvalue weighted by atomic mass is 19.1. The minimum Gasteiger partial charge on any atom is -0.368 e. The lowest BCUT2D eigenvalue weighted by molar-refractivity contribution is 0.0954. The van der Waals surface area contributed by atoms with Gasteiger partial charge in [-0.1, -0.05) is 18.2 Å². The molecule has 0 spiro atoms. The van der Waals surface area contributed by atoms with Crippen LogP contribution in [0.3, 0.4) is 0 Å². The number of para-hydroxylation sites is 1. The van der Waals surface area contributed by atoms with Gasteiger partial charge in [0.2, 0.25) is 0 Å². The van der Waals surface area contributed by atoms with Gasteiger partial charge < -0.3 is 10.6 Å². The predicted molar refractivity (Wildman–Crippen MR) is 112 cm³/mol. The van der Waals surface area contributed by atoms with Crippen molar-refractivity contribution in [3.63, 3.8) is 0 Å². The van der Waals surface area contributed by atoms with Gasteiger partial charge in [0, 0.05) is 29.6 Å². The molecule has 1 heterocycles. The number of carbonyl (C=O) groups excluding carboxylic acids is 1. The molecule has 0 saturated heterocycles.